The van der Waals surface area contributed by atoms with Gasteiger partial charge in [0.1, 0.15) is 17.4 Å². The molecule has 2 aromatic rings. The largest absolute Gasteiger partial charge is 0.438 e. The minimum absolute atomic E-state index is 0.416. The van der Waals surface area contributed by atoms with E-state index in [1.165, 1.54) is 0 Å². The maximum absolute atomic E-state index is 5.68. The molecule has 0 saturated carbocycles. The fourth-order valence-electron chi connectivity index (χ4n) is 1.34. The van der Waals surface area contributed by atoms with E-state index in [9.17, 15) is 0 Å². The normalized spacial score (nSPS) is 10.2. The molecule has 0 aliphatic rings. The molecule has 0 aliphatic heterocycles. The number of aromatic nitrogens is 2. The Bertz CT molecular complexity index is 531. The Balaban J connectivity index is 2.30. The van der Waals surface area contributed by atoms with Crippen LogP contribution in [0.5, 0.6) is 11.6 Å². The second kappa shape index (κ2) is 5.14. The van der Waals surface area contributed by atoms with E-state index in [1.807, 2.05) is 31.2 Å². The number of rotatable bonds is 3. The van der Waals surface area contributed by atoms with Crippen LogP contribution >= 0.6 is 15.9 Å². The fraction of sp³-hybridized carbons (Fsp3) is 0.167. The zero-order valence-electron chi connectivity index (χ0n) is 9.35. The maximum atomic E-state index is 5.68. The lowest BCUT2D eigenvalue weighted by atomic mass is 10.3. The maximum Gasteiger partial charge on any atom is 0.224 e. The topological polar surface area (TPSA) is 61.0 Å². The van der Waals surface area contributed by atoms with Crippen LogP contribution < -0.4 is 10.5 Å². The van der Waals surface area contributed by atoms with Crippen molar-refractivity contribution in [1.82, 2.24) is 9.97 Å². The Hall–Kier alpha value is -1.62. The summed E-state index contributed by atoms with van der Waals surface area (Å²) in [6.07, 6.45) is 0.720. The molecule has 0 spiro atoms. The van der Waals surface area contributed by atoms with Crippen molar-refractivity contribution in [2.75, 3.05) is 5.73 Å². The average Bonchev–Trinajstić information content (AvgIpc) is 2.31. The van der Waals surface area contributed by atoms with E-state index >= 15 is 0 Å². The lowest BCUT2D eigenvalue weighted by Gasteiger charge is -2.08. The number of aryl methyl sites for hydroxylation is 1. The van der Waals surface area contributed by atoms with Crippen LogP contribution in [0.4, 0.5) is 5.82 Å². The molecule has 0 radical (unpaired) electrons. The van der Waals surface area contributed by atoms with Crippen LogP contribution in [0.1, 0.15) is 12.7 Å². The number of anilines is 1. The monoisotopic (exact) mass is 293 g/mol. The van der Waals surface area contributed by atoms with Crippen LogP contribution in [0.25, 0.3) is 0 Å². The van der Waals surface area contributed by atoms with Crippen molar-refractivity contribution in [2.45, 2.75) is 13.3 Å². The SMILES string of the molecule is CCc1nc(N)cc(Oc2ccccc2Br)n1. The first-order valence-corrected chi connectivity index (χ1v) is 6.04. The molecule has 1 aromatic heterocycles. The molecule has 0 aliphatic carbocycles. The number of hydrogen-bond donors (Lipinski definition) is 1. The van der Waals surface area contributed by atoms with Crippen molar-refractivity contribution in [1.29, 1.82) is 0 Å². The number of nitrogens with zero attached hydrogens (tertiary/aromatic N) is 2. The van der Waals surface area contributed by atoms with Crippen molar-refractivity contribution in [3.05, 3.63) is 40.6 Å². The highest BCUT2D eigenvalue weighted by Crippen LogP contribution is 2.28. The Morgan fingerprint density at radius 3 is 2.76 bits per heavy atom. The summed E-state index contributed by atoms with van der Waals surface area (Å²) in [4.78, 5) is 8.35. The zero-order valence-corrected chi connectivity index (χ0v) is 10.9. The van der Waals surface area contributed by atoms with Gasteiger partial charge in [0.05, 0.1) is 4.47 Å². The first kappa shape index (κ1) is 11.9. The lowest BCUT2D eigenvalue weighted by Crippen LogP contribution is -2.00. The quantitative estimate of drug-likeness (QED) is 0.944. The molecule has 2 rings (SSSR count). The summed E-state index contributed by atoms with van der Waals surface area (Å²) in [6, 6.07) is 9.18. The molecule has 0 fully saturated rings. The number of benzene rings is 1. The highest BCUT2D eigenvalue weighted by atomic mass is 79.9. The minimum atomic E-state index is 0.416. The molecule has 17 heavy (non-hydrogen) atoms. The van der Waals surface area contributed by atoms with Gasteiger partial charge in [-0.05, 0) is 28.1 Å². The van der Waals surface area contributed by atoms with Crippen LogP contribution in [0.3, 0.4) is 0 Å². The first-order valence-electron chi connectivity index (χ1n) is 5.25. The van der Waals surface area contributed by atoms with Crippen LogP contribution in [-0.2, 0) is 6.42 Å². The highest BCUT2D eigenvalue weighted by molar-refractivity contribution is 9.10. The predicted octanol–water partition coefficient (Wildman–Crippen LogP) is 3.18. The Kier molecular flexibility index (Phi) is 3.58. The lowest BCUT2D eigenvalue weighted by molar-refractivity contribution is 0.456. The van der Waals surface area contributed by atoms with Gasteiger partial charge in [-0.3, -0.25) is 0 Å². The molecule has 4 nitrogen and oxygen atoms in total. The summed E-state index contributed by atoms with van der Waals surface area (Å²) in [5.41, 5.74) is 5.68. The average molecular weight is 294 g/mol. The van der Waals surface area contributed by atoms with Gasteiger partial charge in [0, 0.05) is 12.5 Å². The third-order valence-corrected chi connectivity index (χ3v) is 2.79. The Morgan fingerprint density at radius 2 is 2.06 bits per heavy atom. The van der Waals surface area contributed by atoms with E-state index in [-0.39, 0.29) is 0 Å². The summed E-state index contributed by atoms with van der Waals surface area (Å²) in [5.74, 6) is 2.25. The molecule has 0 unspecified atom stereocenters. The van der Waals surface area contributed by atoms with Gasteiger partial charge in [-0.15, -0.1) is 0 Å². The van der Waals surface area contributed by atoms with E-state index in [4.69, 9.17) is 10.5 Å². The van der Waals surface area contributed by atoms with Crippen LogP contribution in [-0.4, -0.2) is 9.97 Å². The van der Waals surface area contributed by atoms with Gasteiger partial charge < -0.3 is 10.5 Å². The molecule has 0 saturated heterocycles. The second-order valence-corrected chi connectivity index (χ2v) is 4.29. The Morgan fingerprint density at radius 1 is 1.29 bits per heavy atom. The van der Waals surface area contributed by atoms with E-state index in [1.54, 1.807) is 6.07 Å². The number of halogens is 1. The molecule has 0 atom stereocenters. The molecule has 1 aromatic carbocycles. The molecule has 2 N–H and O–H groups in total. The molecular formula is C12H12BrN3O. The van der Waals surface area contributed by atoms with Crippen LogP contribution in [0, 0.1) is 0 Å². The van der Waals surface area contributed by atoms with Crippen molar-refractivity contribution in [2.24, 2.45) is 0 Å². The zero-order chi connectivity index (χ0) is 12.3. The summed E-state index contributed by atoms with van der Waals surface area (Å²) >= 11 is 3.41. The number of nitrogens with two attached hydrogens (primary N) is 1. The van der Waals surface area contributed by atoms with Gasteiger partial charge in [0.25, 0.3) is 0 Å². The second-order valence-electron chi connectivity index (χ2n) is 3.43. The van der Waals surface area contributed by atoms with Gasteiger partial charge >= 0.3 is 0 Å². The van der Waals surface area contributed by atoms with E-state index in [0.29, 0.717) is 23.3 Å². The Labute approximate surface area is 108 Å². The molecule has 0 bridgehead atoms. The van der Waals surface area contributed by atoms with Gasteiger partial charge in [0.2, 0.25) is 5.88 Å². The van der Waals surface area contributed by atoms with Gasteiger partial charge in [-0.2, -0.15) is 4.98 Å². The highest BCUT2D eigenvalue weighted by Gasteiger charge is 2.05. The summed E-state index contributed by atoms with van der Waals surface area (Å²) in [7, 11) is 0. The molecule has 88 valence electrons. The van der Waals surface area contributed by atoms with Gasteiger partial charge in [-0.25, -0.2) is 4.98 Å². The van der Waals surface area contributed by atoms with Crippen molar-refractivity contribution in [3.63, 3.8) is 0 Å². The number of para-hydroxylation sites is 1. The summed E-state index contributed by atoms with van der Waals surface area (Å²) in [6.45, 7) is 1.97. The number of hydrogen-bond acceptors (Lipinski definition) is 4. The smallest absolute Gasteiger partial charge is 0.224 e. The standard InChI is InChI=1S/C12H12BrN3O/c1-2-11-15-10(14)7-12(16-11)17-9-6-4-3-5-8(9)13/h3-7H,2H2,1H3,(H2,14,15,16). The van der Waals surface area contributed by atoms with E-state index in [0.717, 1.165) is 10.9 Å². The van der Waals surface area contributed by atoms with E-state index < -0.39 is 0 Å². The minimum Gasteiger partial charge on any atom is -0.438 e. The third kappa shape index (κ3) is 2.94. The van der Waals surface area contributed by atoms with Crippen molar-refractivity contribution in [3.8, 4) is 11.6 Å². The summed E-state index contributed by atoms with van der Waals surface area (Å²) < 4.78 is 6.53. The van der Waals surface area contributed by atoms with Crippen LogP contribution in [0.2, 0.25) is 0 Å². The molecule has 0 amide bonds. The summed E-state index contributed by atoms with van der Waals surface area (Å²) in [5, 5.41) is 0. The first-order chi connectivity index (χ1) is 8.19. The molecule has 5 heteroatoms. The van der Waals surface area contributed by atoms with Gasteiger partial charge in [-0.1, -0.05) is 19.1 Å². The number of nitrogen functional groups attached to an aromatic ring is 1. The molecular weight excluding hydrogens is 282 g/mol. The number of ether oxygens (including phenoxy) is 1. The predicted molar refractivity (Wildman–Crippen MR) is 70.0 cm³/mol. The molecule has 1 heterocycles. The van der Waals surface area contributed by atoms with E-state index in [2.05, 4.69) is 25.9 Å². The van der Waals surface area contributed by atoms with Crippen molar-refractivity contribution >= 4 is 21.7 Å². The third-order valence-electron chi connectivity index (χ3n) is 2.14. The van der Waals surface area contributed by atoms with Crippen LogP contribution in [0.15, 0.2) is 34.8 Å². The van der Waals surface area contributed by atoms with Crippen molar-refractivity contribution < 1.29 is 4.74 Å². The fourth-order valence-corrected chi connectivity index (χ4v) is 1.71. The van der Waals surface area contributed by atoms with Gasteiger partial charge in [0.15, 0.2) is 0 Å².